The lowest BCUT2D eigenvalue weighted by atomic mass is 9.89. The number of aromatic amines is 1. The molecule has 5 nitrogen and oxygen atoms in total. The number of benzene rings is 2. The Balaban J connectivity index is 1.43. The number of H-pyrrole nitrogens is 1. The van der Waals surface area contributed by atoms with Crippen LogP contribution < -0.4 is 5.32 Å². The molecule has 0 radical (unpaired) electrons. The van der Waals surface area contributed by atoms with Crippen molar-refractivity contribution in [3.8, 4) is 0 Å². The Labute approximate surface area is 155 Å². The summed E-state index contributed by atoms with van der Waals surface area (Å²) < 4.78 is 18.9. The number of carbonyl (C=O) groups is 2. The van der Waals surface area contributed by atoms with E-state index in [9.17, 15) is 14.0 Å². The summed E-state index contributed by atoms with van der Waals surface area (Å²) in [7, 11) is 0. The highest BCUT2D eigenvalue weighted by Crippen LogP contribution is 2.28. The predicted octanol–water partition coefficient (Wildman–Crippen LogP) is 3.14. The normalized spacial score (nSPS) is 18.8. The van der Waals surface area contributed by atoms with Gasteiger partial charge in [0.15, 0.2) is 5.60 Å². The van der Waals surface area contributed by atoms with Crippen LogP contribution in [0.2, 0.25) is 0 Å². The standard InChI is InChI=1S/C21H19FN2O3/c1-21(11-13-4-2-3-5-16(13)19(25)27-21)20(26)23-9-8-14-12-24-18-7-6-15(22)10-17(14)18/h2-7,10,12,24H,8-9,11H2,1H3,(H,23,26). The Morgan fingerprint density at radius 3 is 2.96 bits per heavy atom. The number of nitrogens with one attached hydrogen (secondary N) is 2. The number of esters is 1. The molecule has 1 unspecified atom stereocenters. The zero-order chi connectivity index (χ0) is 19.0. The number of cyclic esters (lactones) is 1. The zero-order valence-electron chi connectivity index (χ0n) is 14.8. The number of aromatic nitrogens is 1. The second-order valence-corrected chi connectivity index (χ2v) is 6.96. The monoisotopic (exact) mass is 366 g/mol. The Hall–Kier alpha value is -3.15. The molecule has 1 atom stereocenters. The third kappa shape index (κ3) is 3.18. The van der Waals surface area contributed by atoms with Crippen LogP contribution in [0.5, 0.6) is 0 Å². The number of rotatable bonds is 4. The fourth-order valence-electron chi connectivity index (χ4n) is 3.51. The van der Waals surface area contributed by atoms with Crippen molar-refractivity contribution in [2.24, 2.45) is 0 Å². The second kappa shape index (κ2) is 6.54. The van der Waals surface area contributed by atoms with Gasteiger partial charge in [-0.15, -0.1) is 0 Å². The molecule has 27 heavy (non-hydrogen) atoms. The van der Waals surface area contributed by atoms with E-state index in [4.69, 9.17) is 4.74 Å². The number of ether oxygens (including phenoxy) is 1. The first kappa shape index (κ1) is 17.3. The maximum Gasteiger partial charge on any atom is 0.339 e. The molecule has 0 bridgehead atoms. The summed E-state index contributed by atoms with van der Waals surface area (Å²) in [5, 5.41) is 3.64. The topological polar surface area (TPSA) is 71.2 Å². The van der Waals surface area contributed by atoms with E-state index in [1.165, 1.54) is 12.1 Å². The molecule has 1 aliphatic rings. The predicted molar refractivity (Wildman–Crippen MR) is 98.9 cm³/mol. The molecule has 2 N–H and O–H groups in total. The number of carbonyl (C=O) groups excluding carboxylic acids is 2. The average Bonchev–Trinajstić information content (AvgIpc) is 3.04. The fourth-order valence-corrected chi connectivity index (χ4v) is 3.51. The van der Waals surface area contributed by atoms with Crippen molar-refractivity contribution >= 4 is 22.8 Å². The first-order valence-electron chi connectivity index (χ1n) is 8.81. The molecule has 0 spiro atoms. The van der Waals surface area contributed by atoms with Gasteiger partial charge >= 0.3 is 5.97 Å². The van der Waals surface area contributed by atoms with Crippen molar-refractivity contribution in [1.82, 2.24) is 10.3 Å². The maximum atomic E-state index is 13.5. The summed E-state index contributed by atoms with van der Waals surface area (Å²) in [6.45, 7) is 1.98. The van der Waals surface area contributed by atoms with Crippen molar-refractivity contribution in [3.05, 3.63) is 71.2 Å². The van der Waals surface area contributed by atoms with Crippen LogP contribution in [0.3, 0.4) is 0 Å². The van der Waals surface area contributed by atoms with E-state index in [0.29, 0.717) is 24.9 Å². The Morgan fingerprint density at radius 1 is 1.30 bits per heavy atom. The molecular formula is C21H19FN2O3. The van der Waals surface area contributed by atoms with Crippen LogP contribution in [0.1, 0.15) is 28.4 Å². The third-order valence-electron chi connectivity index (χ3n) is 4.97. The highest BCUT2D eigenvalue weighted by Gasteiger charge is 2.42. The minimum atomic E-state index is -1.24. The summed E-state index contributed by atoms with van der Waals surface area (Å²) in [5.74, 6) is -1.12. The van der Waals surface area contributed by atoms with E-state index in [-0.39, 0.29) is 11.7 Å². The van der Waals surface area contributed by atoms with Crippen molar-refractivity contribution in [2.75, 3.05) is 6.54 Å². The number of amides is 1. The lowest BCUT2D eigenvalue weighted by Crippen LogP contribution is -2.52. The van der Waals surface area contributed by atoms with Crippen LogP contribution in [0.25, 0.3) is 10.9 Å². The van der Waals surface area contributed by atoms with Gasteiger partial charge < -0.3 is 15.0 Å². The van der Waals surface area contributed by atoms with Gasteiger partial charge in [-0.25, -0.2) is 9.18 Å². The molecule has 2 aromatic carbocycles. The molecule has 0 saturated heterocycles. The highest BCUT2D eigenvalue weighted by atomic mass is 19.1. The molecule has 6 heteroatoms. The molecule has 2 heterocycles. The van der Waals surface area contributed by atoms with Gasteiger partial charge in [-0.1, -0.05) is 18.2 Å². The van der Waals surface area contributed by atoms with Crippen LogP contribution in [0.4, 0.5) is 4.39 Å². The second-order valence-electron chi connectivity index (χ2n) is 6.96. The van der Waals surface area contributed by atoms with Crippen LogP contribution in [-0.4, -0.2) is 29.0 Å². The van der Waals surface area contributed by atoms with E-state index in [1.807, 2.05) is 18.3 Å². The Morgan fingerprint density at radius 2 is 2.11 bits per heavy atom. The molecule has 1 aromatic heterocycles. The minimum absolute atomic E-state index is 0.298. The van der Waals surface area contributed by atoms with Gasteiger partial charge in [0.05, 0.1) is 5.56 Å². The van der Waals surface area contributed by atoms with Gasteiger partial charge in [0.1, 0.15) is 5.82 Å². The van der Waals surface area contributed by atoms with Crippen LogP contribution in [0.15, 0.2) is 48.7 Å². The van der Waals surface area contributed by atoms with Crippen molar-refractivity contribution in [1.29, 1.82) is 0 Å². The van der Waals surface area contributed by atoms with Crippen molar-refractivity contribution in [3.63, 3.8) is 0 Å². The zero-order valence-corrected chi connectivity index (χ0v) is 14.8. The van der Waals surface area contributed by atoms with Crippen LogP contribution in [-0.2, 0) is 22.4 Å². The molecule has 1 amide bonds. The van der Waals surface area contributed by atoms with Crippen molar-refractivity contribution < 1.29 is 18.7 Å². The lowest BCUT2D eigenvalue weighted by molar-refractivity contribution is -0.139. The molecule has 3 aromatic rings. The van der Waals surface area contributed by atoms with E-state index in [1.54, 1.807) is 25.1 Å². The number of hydrogen-bond donors (Lipinski definition) is 2. The molecule has 0 aliphatic carbocycles. The first-order valence-corrected chi connectivity index (χ1v) is 8.81. The summed E-state index contributed by atoms with van der Waals surface area (Å²) in [4.78, 5) is 28.0. The maximum absolute atomic E-state index is 13.5. The van der Waals surface area contributed by atoms with E-state index < -0.39 is 11.6 Å². The highest BCUT2D eigenvalue weighted by molar-refractivity contribution is 5.97. The molecule has 138 valence electrons. The summed E-state index contributed by atoms with van der Waals surface area (Å²) >= 11 is 0. The first-order chi connectivity index (χ1) is 13.0. The van der Waals surface area contributed by atoms with Gasteiger partial charge in [0, 0.05) is 30.1 Å². The molecule has 0 saturated carbocycles. The van der Waals surface area contributed by atoms with Crippen LogP contribution in [0, 0.1) is 5.82 Å². The van der Waals surface area contributed by atoms with E-state index in [2.05, 4.69) is 10.3 Å². The smallest absolute Gasteiger partial charge is 0.339 e. The van der Waals surface area contributed by atoms with E-state index in [0.717, 1.165) is 22.0 Å². The molecular weight excluding hydrogens is 347 g/mol. The molecule has 0 fully saturated rings. The number of fused-ring (bicyclic) bond motifs is 2. The largest absolute Gasteiger partial charge is 0.445 e. The Bertz CT molecular complexity index is 1040. The minimum Gasteiger partial charge on any atom is -0.445 e. The lowest BCUT2D eigenvalue weighted by Gasteiger charge is -2.33. The molecule has 1 aliphatic heterocycles. The van der Waals surface area contributed by atoms with Gasteiger partial charge in [0.2, 0.25) is 0 Å². The van der Waals surface area contributed by atoms with Crippen LogP contribution >= 0.6 is 0 Å². The van der Waals surface area contributed by atoms with Gasteiger partial charge in [-0.3, -0.25) is 4.79 Å². The Kier molecular flexibility index (Phi) is 4.18. The van der Waals surface area contributed by atoms with Gasteiger partial charge in [-0.05, 0) is 48.7 Å². The average molecular weight is 366 g/mol. The summed E-state index contributed by atoms with van der Waals surface area (Å²) in [5.41, 5.74) is 1.84. The SMILES string of the molecule is CC1(C(=O)NCCc2c[nH]c3ccc(F)cc23)Cc2ccccc2C(=O)O1. The fraction of sp³-hybridized carbons (Fsp3) is 0.238. The van der Waals surface area contributed by atoms with Gasteiger partial charge in [0.25, 0.3) is 5.91 Å². The number of hydrogen-bond acceptors (Lipinski definition) is 3. The quantitative estimate of drug-likeness (QED) is 0.697. The van der Waals surface area contributed by atoms with E-state index >= 15 is 0 Å². The van der Waals surface area contributed by atoms with Gasteiger partial charge in [-0.2, -0.15) is 0 Å². The molecule has 4 rings (SSSR count). The van der Waals surface area contributed by atoms with Crippen molar-refractivity contribution in [2.45, 2.75) is 25.4 Å². The summed E-state index contributed by atoms with van der Waals surface area (Å²) in [6.07, 6.45) is 2.68. The number of halogens is 1. The summed E-state index contributed by atoms with van der Waals surface area (Å²) in [6, 6.07) is 11.7. The third-order valence-corrected chi connectivity index (χ3v) is 4.97.